The zero-order valence-electron chi connectivity index (χ0n) is 10.6. The molecule has 0 aromatic heterocycles. The van der Waals surface area contributed by atoms with Crippen LogP contribution >= 0.6 is 34.8 Å². The number of benzene rings is 1. The second kappa shape index (κ2) is 6.20. The number of rotatable bonds is 4. The van der Waals surface area contributed by atoms with E-state index >= 15 is 0 Å². The number of amides is 1. The van der Waals surface area contributed by atoms with Gasteiger partial charge in [-0.05, 0) is 31.9 Å². The van der Waals surface area contributed by atoms with Gasteiger partial charge < -0.3 is 10.1 Å². The van der Waals surface area contributed by atoms with Gasteiger partial charge in [0.15, 0.2) is 6.10 Å². The van der Waals surface area contributed by atoms with Crippen LogP contribution in [0.5, 0.6) is 0 Å². The van der Waals surface area contributed by atoms with Crippen molar-refractivity contribution in [2.24, 2.45) is 5.92 Å². The minimum Gasteiger partial charge on any atom is -0.452 e. The highest BCUT2D eigenvalue weighted by atomic mass is 35.5. The summed E-state index contributed by atoms with van der Waals surface area (Å²) in [6.07, 6.45) is 0.756. The number of hydrogen-bond donors (Lipinski definition) is 1. The molecule has 1 unspecified atom stereocenters. The maximum absolute atomic E-state index is 11.9. The number of anilines is 1. The standard InChI is InChI=1S/C13H12Cl3NO3/c1-6(20-13(19)7-2-3-7)12(18)17-11-5-9(15)8(14)4-10(11)16/h4-7H,2-3H2,1H3,(H,17,18). The van der Waals surface area contributed by atoms with E-state index in [1.165, 1.54) is 19.1 Å². The molecule has 0 radical (unpaired) electrons. The Kier molecular flexibility index (Phi) is 4.78. The monoisotopic (exact) mass is 335 g/mol. The molecule has 1 aromatic carbocycles. The summed E-state index contributed by atoms with van der Waals surface area (Å²) < 4.78 is 5.05. The van der Waals surface area contributed by atoms with Gasteiger partial charge in [-0.3, -0.25) is 9.59 Å². The van der Waals surface area contributed by atoms with Crippen LogP contribution in [-0.2, 0) is 14.3 Å². The van der Waals surface area contributed by atoms with Crippen molar-refractivity contribution in [2.75, 3.05) is 5.32 Å². The first-order valence-electron chi connectivity index (χ1n) is 6.04. The average molecular weight is 337 g/mol. The van der Waals surface area contributed by atoms with Gasteiger partial charge in [-0.25, -0.2) is 0 Å². The van der Waals surface area contributed by atoms with Crippen LogP contribution in [0, 0.1) is 5.92 Å². The van der Waals surface area contributed by atoms with Crippen LogP contribution in [0.3, 0.4) is 0 Å². The van der Waals surface area contributed by atoms with Gasteiger partial charge in [-0.2, -0.15) is 0 Å². The summed E-state index contributed by atoms with van der Waals surface area (Å²) in [5.74, 6) is -0.869. The molecule has 1 aliphatic rings. The summed E-state index contributed by atoms with van der Waals surface area (Å²) in [6, 6.07) is 2.88. The van der Waals surface area contributed by atoms with E-state index < -0.39 is 12.0 Å². The van der Waals surface area contributed by atoms with Crippen LogP contribution in [-0.4, -0.2) is 18.0 Å². The lowest BCUT2D eigenvalue weighted by atomic mass is 10.3. The molecule has 0 heterocycles. The fourth-order valence-electron chi connectivity index (χ4n) is 1.50. The molecule has 0 spiro atoms. The van der Waals surface area contributed by atoms with Crippen LogP contribution in [0.15, 0.2) is 12.1 Å². The molecule has 1 atom stereocenters. The topological polar surface area (TPSA) is 55.4 Å². The van der Waals surface area contributed by atoms with Crippen LogP contribution in [0.4, 0.5) is 5.69 Å². The van der Waals surface area contributed by atoms with Crippen molar-refractivity contribution >= 4 is 52.4 Å². The maximum Gasteiger partial charge on any atom is 0.309 e. The molecule has 1 N–H and O–H groups in total. The summed E-state index contributed by atoms with van der Waals surface area (Å²) in [6.45, 7) is 1.50. The van der Waals surface area contributed by atoms with Crippen molar-refractivity contribution in [1.29, 1.82) is 0 Å². The number of carbonyl (C=O) groups is 2. The van der Waals surface area contributed by atoms with Crippen molar-refractivity contribution in [1.82, 2.24) is 0 Å². The Balaban J connectivity index is 1.99. The summed E-state index contributed by atoms with van der Waals surface area (Å²) in [5.41, 5.74) is 0.320. The smallest absolute Gasteiger partial charge is 0.309 e. The predicted octanol–water partition coefficient (Wildman–Crippen LogP) is 3.93. The number of halogens is 3. The predicted molar refractivity (Wildman–Crippen MR) is 78.4 cm³/mol. The molecule has 1 saturated carbocycles. The highest BCUT2D eigenvalue weighted by molar-refractivity contribution is 6.44. The summed E-state index contributed by atoms with van der Waals surface area (Å²) in [7, 11) is 0. The molecule has 2 rings (SSSR count). The van der Waals surface area contributed by atoms with Crippen molar-refractivity contribution in [3.63, 3.8) is 0 Å². The van der Waals surface area contributed by atoms with Gasteiger partial charge >= 0.3 is 5.97 Å². The third-order valence-electron chi connectivity index (χ3n) is 2.84. The fraction of sp³-hybridized carbons (Fsp3) is 0.385. The third-order valence-corrected chi connectivity index (χ3v) is 3.88. The van der Waals surface area contributed by atoms with Gasteiger partial charge in [0.25, 0.3) is 5.91 Å². The van der Waals surface area contributed by atoms with Gasteiger partial charge in [0.2, 0.25) is 0 Å². The Morgan fingerprint density at radius 2 is 1.80 bits per heavy atom. The van der Waals surface area contributed by atoms with Crippen molar-refractivity contribution in [2.45, 2.75) is 25.9 Å². The summed E-state index contributed by atoms with van der Waals surface area (Å²) >= 11 is 17.6. The SMILES string of the molecule is CC(OC(=O)C1CC1)C(=O)Nc1cc(Cl)c(Cl)cc1Cl. The van der Waals surface area contributed by atoms with E-state index in [-0.39, 0.29) is 21.9 Å². The minimum absolute atomic E-state index is 0.0567. The molecule has 108 valence electrons. The lowest BCUT2D eigenvalue weighted by molar-refractivity contribution is -0.154. The molecule has 0 aliphatic heterocycles. The van der Waals surface area contributed by atoms with E-state index in [0.717, 1.165) is 12.8 Å². The third kappa shape index (κ3) is 3.78. The molecule has 7 heteroatoms. The summed E-state index contributed by atoms with van der Waals surface area (Å²) in [5, 5.41) is 3.38. The zero-order chi connectivity index (χ0) is 14.9. The van der Waals surface area contributed by atoms with E-state index in [0.29, 0.717) is 10.7 Å². The Bertz CT molecular complexity index is 558. The average Bonchev–Trinajstić information content (AvgIpc) is 3.19. The molecule has 20 heavy (non-hydrogen) atoms. The number of carbonyl (C=O) groups excluding carboxylic acids is 2. The number of ether oxygens (including phenoxy) is 1. The van der Waals surface area contributed by atoms with Gasteiger partial charge in [-0.15, -0.1) is 0 Å². The molecule has 4 nitrogen and oxygen atoms in total. The molecule has 1 aromatic rings. The quantitative estimate of drug-likeness (QED) is 0.669. The first-order valence-corrected chi connectivity index (χ1v) is 7.17. The molecule has 1 amide bonds. The molecular formula is C13H12Cl3NO3. The van der Waals surface area contributed by atoms with Crippen LogP contribution in [0.25, 0.3) is 0 Å². The largest absolute Gasteiger partial charge is 0.452 e. The van der Waals surface area contributed by atoms with Crippen molar-refractivity contribution in [3.05, 3.63) is 27.2 Å². The molecule has 0 saturated heterocycles. The van der Waals surface area contributed by atoms with Gasteiger partial charge in [-0.1, -0.05) is 34.8 Å². The van der Waals surface area contributed by atoms with Crippen molar-refractivity contribution < 1.29 is 14.3 Å². The van der Waals surface area contributed by atoms with Crippen LogP contribution in [0.2, 0.25) is 15.1 Å². The van der Waals surface area contributed by atoms with E-state index in [2.05, 4.69) is 5.32 Å². The van der Waals surface area contributed by atoms with Crippen LogP contribution in [0.1, 0.15) is 19.8 Å². The maximum atomic E-state index is 11.9. The van der Waals surface area contributed by atoms with Gasteiger partial charge in [0.05, 0.1) is 26.7 Å². The Labute approximate surface area is 131 Å². The molecule has 1 aliphatic carbocycles. The zero-order valence-corrected chi connectivity index (χ0v) is 12.9. The fourth-order valence-corrected chi connectivity index (χ4v) is 2.09. The highest BCUT2D eigenvalue weighted by Gasteiger charge is 2.33. The van der Waals surface area contributed by atoms with Crippen molar-refractivity contribution in [3.8, 4) is 0 Å². The van der Waals surface area contributed by atoms with Gasteiger partial charge in [0, 0.05) is 0 Å². The van der Waals surface area contributed by atoms with Crippen LogP contribution < -0.4 is 5.32 Å². The molecule has 1 fully saturated rings. The number of esters is 1. The lowest BCUT2D eigenvalue weighted by Crippen LogP contribution is -2.30. The number of nitrogens with one attached hydrogen (secondary N) is 1. The Morgan fingerprint density at radius 3 is 2.40 bits per heavy atom. The Morgan fingerprint density at radius 1 is 1.20 bits per heavy atom. The molecule has 0 bridgehead atoms. The second-order valence-corrected chi connectivity index (χ2v) is 5.81. The first kappa shape index (κ1) is 15.4. The molecular weight excluding hydrogens is 325 g/mol. The first-order chi connectivity index (χ1) is 9.38. The van der Waals surface area contributed by atoms with E-state index in [1.54, 1.807) is 0 Å². The van der Waals surface area contributed by atoms with E-state index in [4.69, 9.17) is 39.5 Å². The highest BCUT2D eigenvalue weighted by Crippen LogP contribution is 2.33. The lowest BCUT2D eigenvalue weighted by Gasteiger charge is -2.14. The second-order valence-electron chi connectivity index (χ2n) is 4.59. The Hall–Kier alpha value is -0.970. The summed E-state index contributed by atoms with van der Waals surface area (Å²) in [4.78, 5) is 23.4. The van der Waals surface area contributed by atoms with Gasteiger partial charge in [0.1, 0.15) is 0 Å². The normalized spacial score (nSPS) is 15.6. The minimum atomic E-state index is -0.895. The van der Waals surface area contributed by atoms with E-state index in [1.807, 2.05) is 0 Å². The number of hydrogen-bond acceptors (Lipinski definition) is 3. The van der Waals surface area contributed by atoms with E-state index in [9.17, 15) is 9.59 Å².